The van der Waals surface area contributed by atoms with Crippen molar-refractivity contribution in [3.05, 3.63) is 35.9 Å². The number of carbonyl (C=O) groups excluding carboxylic acids is 1. The minimum atomic E-state index is -1.02. The van der Waals surface area contributed by atoms with Crippen molar-refractivity contribution < 1.29 is 14.7 Å². The highest BCUT2D eigenvalue weighted by molar-refractivity contribution is 5.87. The van der Waals surface area contributed by atoms with Gasteiger partial charge in [0.15, 0.2) is 0 Å². The van der Waals surface area contributed by atoms with Crippen LogP contribution in [0.4, 0.5) is 0 Å². The Hall–Kier alpha value is -1.88. The highest BCUT2D eigenvalue weighted by atomic mass is 16.4. The van der Waals surface area contributed by atoms with Gasteiger partial charge in [0, 0.05) is 7.05 Å². The monoisotopic (exact) mass is 250 g/mol. The Kier molecular flexibility index (Phi) is 4.85. The van der Waals surface area contributed by atoms with Gasteiger partial charge in [-0.05, 0) is 12.0 Å². The van der Waals surface area contributed by atoms with Crippen LogP contribution in [-0.4, -0.2) is 35.0 Å². The Morgan fingerprint density at radius 3 is 2.33 bits per heavy atom. The quantitative estimate of drug-likeness (QED) is 0.816. The lowest BCUT2D eigenvalue weighted by Gasteiger charge is -2.26. The predicted octanol–water partition coefficient (Wildman–Crippen LogP) is 1.01. The van der Waals surface area contributed by atoms with Crippen molar-refractivity contribution in [3.8, 4) is 0 Å². The number of amides is 1. The molecule has 5 nitrogen and oxygen atoms in total. The van der Waals surface area contributed by atoms with Crippen LogP contribution in [0.1, 0.15) is 24.9 Å². The van der Waals surface area contributed by atoms with E-state index in [0.29, 0.717) is 12.0 Å². The number of aliphatic carboxylic acids is 1. The molecule has 18 heavy (non-hydrogen) atoms. The van der Waals surface area contributed by atoms with E-state index in [1.165, 1.54) is 11.9 Å². The number of carboxylic acids is 1. The molecule has 1 aromatic rings. The smallest absolute Gasteiger partial charge is 0.326 e. The zero-order chi connectivity index (χ0) is 13.7. The number of nitrogens with two attached hydrogens (primary N) is 1. The molecule has 1 aromatic carbocycles. The molecule has 2 unspecified atom stereocenters. The molecule has 0 heterocycles. The number of hydrogen-bond acceptors (Lipinski definition) is 3. The van der Waals surface area contributed by atoms with E-state index in [2.05, 4.69) is 0 Å². The molecular weight excluding hydrogens is 232 g/mol. The fourth-order valence-electron chi connectivity index (χ4n) is 1.79. The third-order valence-corrected chi connectivity index (χ3v) is 2.91. The number of rotatable bonds is 5. The summed E-state index contributed by atoms with van der Waals surface area (Å²) in [5.41, 5.74) is 6.52. The largest absolute Gasteiger partial charge is 0.480 e. The van der Waals surface area contributed by atoms with Crippen molar-refractivity contribution >= 4 is 11.9 Å². The summed E-state index contributed by atoms with van der Waals surface area (Å²) in [6.45, 7) is 1.72. The first-order chi connectivity index (χ1) is 8.49. The van der Waals surface area contributed by atoms with Gasteiger partial charge in [-0.1, -0.05) is 37.3 Å². The first kappa shape index (κ1) is 14.2. The molecule has 3 N–H and O–H groups in total. The first-order valence-electron chi connectivity index (χ1n) is 5.79. The molecule has 0 aliphatic heterocycles. The number of likely N-dealkylation sites (N-methyl/N-ethyl adjacent to an activating group) is 1. The van der Waals surface area contributed by atoms with E-state index in [-0.39, 0.29) is 0 Å². The number of carbonyl (C=O) groups is 2. The van der Waals surface area contributed by atoms with Crippen LogP contribution >= 0.6 is 0 Å². The van der Waals surface area contributed by atoms with Gasteiger partial charge in [0.25, 0.3) is 0 Å². The second-order valence-corrected chi connectivity index (χ2v) is 4.10. The van der Waals surface area contributed by atoms with Gasteiger partial charge in [0.1, 0.15) is 12.1 Å². The van der Waals surface area contributed by atoms with Gasteiger partial charge in [0.2, 0.25) is 5.91 Å². The maximum Gasteiger partial charge on any atom is 0.326 e. The average Bonchev–Trinajstić information content (AvgIpc) is 2.38. The molecule has 0 saturated heterocycles. The minimum Gasteiger partial charge on any atom is -0.480 e. The molecule has 1 amide bonds. The third-order valence-electron chi connectivity index (χ3n) is 2.91. The average molecular weight is 250 g/mol. The second-order valence-electron chi connectivity index (χ2n) is 4.10. The lowest BCUT2D eigenvalue weighted by Crippen LogP contribution is -2.45. The maximum absolute atomic E-state index is 12.1. The fraction of sp³-hybridized carbons (Fsp3) is 0.385. The van der Waals surface area contributed by atoms with Crippen LogP contribution in [-0.2, 0) is 9.59 Å². The van der Waals surface area contributed by atoms with Gasteiger partial charge in [-0.3, -0.25) is 4.79 Å². The number of hydrogen-bond donors (Lipinski definition) is 2. The SMILES string of the molecule is CCC(C(=O)O)N(C)C(=O)C(N)c1ccccc1. The lowest BCUT2D eigenvalue weighted by molar-refractivity contribution is -0.149. The number of nitrogens with zero attached hydrogens (tertiary/aromatic N) is 1. The highest BCUT2D eigenvalue weighted by Crippen LogP contribution is 2.14. The highest BCUT2D eigenvalue weighted by Gasteiger charge is 2.28. The lowest BCUT2D eigenvalue weighted by atomic mass is 10.1. The number of benzene rings is 1. The zero-order valence-electron chi connectivity index (χ0n) is 10.5. The van der Waals surface area contributed by atoms with Crippen molar-refractivity contribution in [1.29, 1.82) is 0 Å². The fourth-order valence-corrected chi connectivity index (χ4v) is 1.79. The molecule has 0 radical (unpaired) electrons. The van der Waals surface area contributed by atoms with Gasteiger partial charge >= 0.3 is 5.97 Å². The Bertz CT molecular complexity index is 420. The van der Waals surface area contributed by atoms with Crippen molar-refractivity contribution in [2.45, 2.75) is 25.4 Å². The van der Waals surface area contributed by atoms with Crippen molar-refractivity contribution in [2.24, 2.45) is 5.73 Å². The standard InChI is InChI=1S/C13H18N2O3/c1-3-10(13(17)18)15(2)12(16)11(14)9-7-5-4-6-8-9/h4-8,10-11H,3,14H2,1-2H3,(H,17,18). The molecule has 0 aromatic heterocycles. The summed E-state index contributed by atoms with van der Waals surface area (Å²) in [7, 11) is 1.47. The molecule has 2 atom stereocenters. The molecule has 98 valence electrons. The molecule has 5 heteroatoms. The summed E-state index contributed by atoms with van der Waals surface area (Å²) in [5.74, 6) is -1.41. The summed E-state index contributed by atoms with van der Waals surface area (Å²) in [5, 5.41) is 9.01. The zero-order valence-corrected chi connectivity index (χ0v) is 10.5. The van der Waals surface area contributed by atoms with Crippen molar-refractivity contribution in [2.75, 3.05) is 7.05 Å². The van der Waals surface area contributed by atoms with E-state index >= 15 is 0 Å². The summed E-state index contributed by atoms with van der Waals surface area (Å²) in [6.07, 6.45) is 0.346. The second kappa shape index (κ2) is 6.16. The van der Waals surface area contributed by atoms with Gasteiger partial charge in [-0.15, -0.1) is 0 Å². The molecule has 0 aliphatic rings. The molecule has 0 bridgehead atoms. The van der Waals surface area contributed by atoms with Crippen LogP contribution in [0.2, 0.25) is 0 Å². The molecule has 0 aliphatic carbocycles. The summed E-state index contributed by atoms with van der Waals surface area (Å²) < 4.78 is 0. The molecule has 0 saturated carbocycles. The van der Waals surface area contributed by atoms with Gasteiger partial charge in [-0.2, -0.15) is 0 Å². The van der Waals surface area contributed by atoms with E-state index in [1.807, 2.05) is 6.07 Å². The van der Waals surface area contributed by atoms with Crippen LogP contribution in [0.25, 0.3) is 0 Å². The van der Waals surface area contributed by atoms with E-state index < -0.39 is 24.0 Å². The van der Waals surface area contributed by atoms with Crippen LogP contribution in [0.5, 0.6) is 0 Å². The molecule has 1 rings (SSSR count). The van der Waals surface area contributed by atoms with Crippen LogP contribution in [0.3, 0.4) is 0 Å². The van der Waals surface area contributed by atoms with Crippen LogP contribution in [0.15, 0.2) is 30.3 Å². The van der Waals surface area contributed by atoms with Crippen LogP contribution in [0, 0.1) is 0 Å². The maximum atomic E-state index is 12.1. The Morgan fingerprint density at radius 2 is 1.89 bits per heavy atom. The van der Waals surface area contributed by atoms with Crippen molar-refractivity contribution in [3.63, 3.8) is 0 Å². The Morgan fingerprint density at radius 1 is 1.33 bits per heavy atom. The van der Waals surface area contributed by atoms with Gasteiger partial charge in [0.05, 0.1) is 0 Å². The van der Waals surface area contributed by atoms with E-state index in [1.54, 1.807) is 31.2 Å². The summed E-state index contributed by atoms with van der Waals surface area (Å²) >= 11 is 0. The van der Waals surface area contributed by atoms with E-state index in [9.17, 15) is 9.59 Å². The van der Waals surface area contributed by atoms with Crippen molar-refractivity contribution in [1.82, 2.24) is 4.90 Å². The minimum absolute atomic E-state index is 0.346. The predicted molar refractivity (Wildman–Crippen MR) is 67.9 cm³/mol. The third kappa shape index (κ3) is 3.07. The molecule has 0 spiro atoms. The summed E-state index contributed by atoms with van der Waals surface area (Å²) in [4.78, 5) is 24.3. The Balaban J connectivity index is 2.84. The molecular formula is C13H18N2O3. The summed E-state index contributed by atoms with van der Waals surface area (Å²) in [6, 6.07) is 7.23. The molecule has 0 fully saturated rings. The Labute approximate surface area is 106 Å². The van der Waals surface area contributed by atoms with Gasteiger partial charge in [-0.25, -0.2) is 4.79 Å². The van der Waals surface area contributed by atoms with E-state index in [0.717, 1.165) is 0 Å². The first-order valence-corrected chi connectivity index (χ1v) is 5.79. The number of carboxylic acid groups (broad SMARTS) is 1. The van der Waals surface area contributed by atoms with Gasteiger partial charge < -0.3 is 15.7 Å². The topological polar surface area (TPSA) is 83.6 Å². The van der Waals surface area contributed by atoms with E-state index in [4.69, 9.17) is 10.8 Å². The normalized spacial score (nSPS) is 13.7. The van der Waals surface area contributed by atoms with Crippen LogP contribution < -0.4 is 5.73 Å².